The van der Waals surface area contributed by atoms with Gasteiger partial charge in [-0.25, -0.2) is 4.79 Å². The van der Waals surface area contributed by atoms with E-state index in [0.717, 1.165) is 6.54 Å². The van der Waals surface area contributed by atoms with Crippen molar-refractivity contribution in [3.05, 3.63) is 0 Å². The molecule has 1 saturated carbocycles. The van der Waals surface area contributed by atoms with Crippen LogP contribution in [0.3, 0.4) is 0 Å². The number of amides is 1. The van der Waals surface area contributed by atoms with Crippen LogP contribution in [0.5, 0.6) is 0 Å². The molecule has 0 bridgehead atoms. The summed E-state index contributed by atoms with van der Waals surface area (Å²) in [6.45, 7) is 7.29. The van der Waals surface area contributed by atoms with Gasteiger partial charge in [-0.2, -0.15) is 0 Å². The number of carbonyl (C=O) groups is 1. The van der Waals surface area contributed by atoms with Crippen LogP contribution in [0.15, 0.2) is 0 Å². The van der Waals surface area contributed by atoms with E-state index in [1.165, 1.54) is 12.8 Å². The molecule has 4 heteroatoms. The Labute approximate surface area is 91.8 Å². The lowest BCUT2D eigenvalue weighted by Gasteiger charge is -2.19. The molecule has 0 spiro atoms. The lowest BCUT2D eigenvalue weighted by atomic mass is 10.2. The third-order valence-electron chi connectivity index (χ3n) is 2.52. The van der Waals surface area contributed by atoms with E-state index in [9.17, 15) is 4.79 Å². The average molecular weight is 214 g/mol. The van der Waals surface area contributed by atoms with Crippen LogP contribution in [0, 0.1) is 5.92 Å². The minimum Gasteiger partial charge on any atom is -0.450 e. The highest BCUT2D eigenvalue weighted by molar-refractivity contribution is 5.67. The number of ether oxygens (including phenoxy) is 1. The van der Waals surface area contributed by atoms with Crippen LogP contribution >= 0.6 is 0 Å². The number of carbonyl (C=O) groups excluding carboxylic acids is 1. The first-order valence-corrected chi connectivity index (χ1v) is 5.80. The highest BCUT2D eigenvalue weighted by Gasteiger charge is 2.32. The summed E-state index contributed by atoms with van der Waals surface area (Å²) >= 11 is 0. The maximum atomic E-state index is 11.3. The van der Waals surface area contributed by atoms with Crippen molar-refractivity contribution in [2.45, 2.75) is 45.7 Å². The van der Waals surface area contributed by atoms with Crippen LogP contribution in [0.25, 0.3) is 0 Å². The largest absolute Gasteiger partial charge is 0.450 e. The van der Waals surface area contributed by atoms with Crippen molar-refractivity contribution in [2.24, 2.45) is 5.92 Å². The van der Waals surface area contributed by atoms with Gasteiger partial charge in [0.15, 0.2) is 0 Å². The van der Waals surface area contributed by atoms with E-state index in [4.69, 9.17) is 4.74 Å². The second-order valence-corrected chi connectivity index (χ2v) is 4.37. The zero-order chi connectivity index (χ0) is 11.3. The van der Waals surface area contributed by atoms with Gasteiger partial charge in [-0.1, -0.05) is 13.8 Å². The minimum atomic E-state index is -0.292. The second-order valence-electron chi connectivity index (χ2n) is 4.37. The molecule has 1 aliphatic rings. The molecule has 4 nitrogen and oxygen atoms in total. The topological polar surface area (TPSA) is 50.4 Å². The van der Waals surface area contributed by atoms with Crippen LogP contribution < -0.4 is 10.6 Å². The summed E-state index contributed by atoms with van der Waals surface area (Å²) < 4.78 is 4.88. The number of hydrogen-bond donors (Lipinski definition) is 2. The number of alkyl carbamates (subject to hydrolysis) is 1. The Morgan fingerprint density at radius 2 is 2.13 bits per heavy atom. The first-order chi connectivity index (χ1) is 7.13. The Morgan fingerprint density at radius 3 is 2.60 bits per heavy atom. The fourth-order valence-electron chi connectivity index (χ4n) is 1.52. The molecule has 0 heterocycles. The van der Waals surface area contributed by atoms with Crippen LogP contribution in [-0.4, -0.2) is 31.3 Å². The number of nitrogens with one attached hydrogen (secondary N) is 2. The van der Waals surface area contributed by atoms with Crippen molar-refractivity contribution in [3.63, 3.8) is 0 Å². The smallest absolute Gasteiger partial charge is 0.407 e. The second kappa shape index (κ2) is 5.95. The Hall–Kier alpha value is -0.770. The molecule has 0 aromatic carbocycles. The van der Waals surface area contributed by atoms with Crippen molar-refractivity contribution in [3.8, 4) is 0 Å². The number of hydrogen-bond acceptors (Lipinski definition) is 3. The molecule has 1 rings (SSSR count). The van der Waals surface area contributed by atoms with Crippen molar-refractivity contribution in [1.29, 1.82) is 0 Å². The predicted molar refractivity (Wildman–Crippen MR) is 59.8 cm³/mol. The fraction of sp³-hybridized carbons (Fsp3) is 0.909. The van der Waals surface area contributed by atoms with Crippen molar-refractivity contribution >= 4 is 6.09 Å². The first-order valence-electron chi connectivity index (χ1n) is 5.80. The summed E-state index contributed by atoms with van der Waals surface area (Å²) in [5, 5.41) is 6.26. The lowest BCUT2D eigenvalue weighted by Crippen LogP contribution is -2.45. The molecule has 1 atom stereocenters. The zero-order valence-electron chi connectivity index (χ0n) is 9.88. The molecule has 1 aliphatic carbocycles. The summed E-state index contributed by atoms with van der Waals surface area (Å²) in [6.07, 6.45) is 2.15. The molecule has 0 aliphatic heterocycles. The van der Waals surface area contributed by atoms with E-state index in [-0.39, 0.29) is 12.1 Å². The molecule has 1 unspecified atom stereocenters. The van der Waals surface area contributed by atoms with Gasteiger partial charge < -0.3 is 15.4 Å². The summed E-state index contributed by atoms with van der Waals surface area (Å²) in [5.41, 5.74) is 0. The van der Waals surface area contributed by atoms with Gasteiger partial charge in [-0.3, -0.25) is 0 Å². The molecule has 0 radical (unpaired) electrons. The van der Waals surface area contributed by atoms with Crippen LogP contribution in [0.2, 0.25) is 0 Å². The van der Waals surface area contributed by atoms with Gasteiger partial charge in [-0.15, -0.1) is 0 Å². The summed E-state index contributed by atoms with van der Waals surface area (Å²) in [6, 6.07) is 0.682. The molecule has 0 aromatic rings. The van der Waals surface area contributed by atoms with E-state index in [1.54, 1.807) is 0 Å². The van der Waals surface area contributed by atoms with Crippen molar-refractivity contribution in [2.75, 3.05) is 13.2 Å². The molecule has 1 fully saturated rings. The molecular formula is C11H22N2O2. The van der Waals surface area contributed by atoms with Gasteiger partial charge in [0.2, 0.25) is 0 Å². The monoisotopic (exact) mass is 214 g/mol. The Morgan fingerprint density at radius 1 is 1.47 bits per heavy atom. The van der Waals surface area contributed by atoms with Crippen LogP contribution in [0.1, 0.15) is 33.6 Å². The Kier molecular flexibility index (Phi) is 4.88. The fourth-order valence-corrected chi connectivity index (χ4v) is 1.52. The first kappa shape index (κ1) is 12.3. The van der Waals surface area contributed by atoms with E-state index in [2.05, 4.69) is 24.5 Å². The summed E-state index contributed by atoms with van der Waals surface area (Å²) in [7, 11) is 0. The normalized spacial score (nSPS) is 17.6. The van der Waals surface area contributed by atoms with E-state index >= 15 is 0 Å². The Balaban J connectivity index is 2.27. The molecule has 15 heavy (non-hydrogen) atoms. The molecule has 0 saturated heterocycles. The van der Waals surface area contributed by atoms with E-state index in [1.807, 2.05) is 6.92 Å². The van der Waals surface area contributed by atoms with Gasteiger partial charge in [-0.05, 0) is 25.7 Å². The maximum absolute atomic E-state index is 11.3. The third-order valence-corrected chi connectivity index (χ3v) is 2.52. The van der Waals surface area contributed by atoms with Gasteiger partial charge >= 0.3 is 6.09 Å². The minimum absolute atomic E-state index is 0.228. The Bertz CT molecular complexity index is 203. The zero-order valence-corrected chi connectivity index (χ0v) is 9.88. The molecule has 1 amide bonds. The lowest BCUT2D eigenvalue weighted by molar-refractivity contribution is 0.146. The van der Waals surface area contributed by atoms with Gasteiger partial charge in [0, 0.05) is 18.6 Å². The van der Waals surface area contributed by atoms with Crippen LogP contribution in [0.4, 0.5) is 4.79 Å². The summed E-state index contributed by atoms with van der Waals surface area (Å²) in [4.78, 5) is 11.3. The SMILES string of the molecule is CCOC(=O)NC(CNC(C)C)C1CC1. The highest BCUT2D eigenvalue weighted by atomic mass is 16.5. The molecule has 0 aromatic heterocycles. The van der Waals surface area contributed by atoms with Crippen molar-refractivity contribution in [1.82, 2.24) is 10.6 Å². The van der Waals surface area contributed by atoms with Crippen LogP contribution in [-0.2, 0) is 4.74 Å². The van der Waals surface area contributed by atoms with Gasteiger partial charge in [0.1, 0.15) is 0 Å². The maximum Gasteiger partial charge on any atom is 0.407 e. The molecular weight excluding hydrogens is 192 g/mol. The average Bonchev–Trinajstić information content (AvgIpc) is 2.95. The standard InChI is InChI=1S/C11H22N2O2/c1-4-15-11(14)13-10(9-5-6-9)7-12-8(2)3/h8-10,12H,4-7H2,1-3H3,(H,13,14). The van der Waals surface area contributed by atoms with Gasteiger partial charge in [0.05, 0.1) is 6.61 Å². The predicted octanol–water partition coefficient (Wildman–Crippen LogP) is 1.51. The highest BCUT2D eigenvalue weighted by Crippen LogP contribution is 2.32. The molecule has 88 valence electrons. The molecule has 2 N–H and O–H groups in total. The summed E-state index contributed by atoms with van der Waals surface area (Å²) in [5.74, 6) is 0.639. The van der Waals surface area contributed by atoms with Crippen molar-refractivity contribution < 1.29 is 9.53 Å². The van der Waals surface area contributed by atoms with E-state index < -0.39 is 0 Å². The van der Waals surface area contributed by atoms with E-state index in [0.29, 0.717) is 18.6 Å². The van der Waals surface area contributed by atoms with Gasteiger partial charge in [0.25, 0.3) is 0 Å². The number of rotatable bonds is 6. The quantitative estimate of drug-likeness (QED) is 0.704. The third kappa shape index (κ3) is 5.02.